The molecular formula is C29H32F6N2O2. The SMILES string of the molecule is C[C@H](C(=O)NC1(c2ccccc2)CCC(CN2CCC(=O)CC2)CC1)c1cc(C(F)(F)F)cc(C(F)(F)F)c1. The second-order valence-electron chi connectivity index (χ2n) is 10.8. The molecule has 1 aliphatic heterocycles. The highest BCUT2D eigenvalue weighted by Crippen LogP contribution is 2.42. The summed E-state index contributed by atoms with van der Waals surface area (Å²) >= 11 is 0. The first kappa shape index (κ1) is 29.1. The number of hydrogen-bond donors (Lipinski definition) is 1. The fraction of sp³-hybridized carbons (Fsp3) is 0.517. The van der Waals surface area contributed by atoms with Gasteiger partial charge in [0.25, 0.3) is 0 Å². The molecule has 1 N–H and O–H groups in total. The van der Waals surface area contributed by atoms with Crippen molar-refractivity contribution in [1.82, 2.24) is 10.2 Å². The number of piperidine rings is 1. The van der Waals surface area contributed by atoms with Crippen molar-refractivity contribution in [2.75, 3.05) is 19.6 Å². The van der Waals surface area contributed by atoms with Crippen LogP contribution in [0, 0.1) is 5.92 Å². The minimum absolute atomic E-state index is 0.0686. The van der Waals surface area contributed by atoms with Gasteiger partial charge in [0, 0.05) is 32.5 Å². The quantitative estimate of drug-likeness (QED) is 0.405. The minimum Gasteiger partial charge on any atom is -0.346 e. The van der Waals surface area contributed by atoms with Crippen LogP contribution in [0.5, 0.6) is 0 Å². The molecule has 2 aliphatic rings. The van der Waals surface area contributed by atoms with E-state index in [0.717, 1.165) is 38.0 Å². The maximum absolute atomic E-state index is 13.4. The predicted molar refractivity (Wildman–Crippen MR) is 134 cm³/mol. The molecule has 10 heteroatoms. The molecule has 2 fully saturated rings. The van der Waals surface area contributed by atoms with E-state index in [1.807, 2.05) is 30.3 Å². The number of nitrogens with zero attached hydrogens (tertiary/aromatic N) is 1. The van der Waals surface area contributed by atoms with Gasteiger partial charge in [-0.3, -0.25) is 9.59 Å². The number of hydrogen-bond acceptors (Lipinski definition) is 3. The molecule has 0 radical (unpaired) electrons. The minimum atomic E-state index is -4.99. The number of ketones is 1. The fourth-order valence-corrected chi connectivity index (χ4v) is 5.67. The van der Waals surface area contributed by atoms with E-state index in [-0.39, 0.29) is 17.4 Å². The highest BCUT2D eigenvalue weighted by molar-refractivity contribution is 5.84. The molecule has 0 bridgehead atoms. The number of halogens is 6. The molecule has 0 unspecified atom stereocenters. The van der Waals surface area contributed by atoms with E-state index in [2.05, 4.69) is 10.2 Å². The number of rotatable bonds is 6. The lowest BCUT2D eigenvalue weighted by atomic mass is 9.72. The Morgan fingerprint density at radius 1 is 0.949 bits per heavy atom. The molecule has 212 valence electrons. The number of alkyl halides is 6. The van der Waals surface area contributed by atoms with E-state index in [1.165, 1.54) is 6.92 Å². The van der Waals surface area contributed by atoms with Gasteiger partial charge in [0.15, 0.2) is 0 Å². The zero-order valence-electron chi connectivity index (χ0n) is 21.7. The Morgan fingerprint density at radius 2 is 1.49 bits per heavy atom. The predicted octanol–water partition coefficient (Wildman–Crippen LogP) is 6.69. The fourth-order valence-electron chi connectivity index (χ4n) is 5.67. The van der Waals surface area contributed by atoms with Crippen molar-refractivity contribution in [3.05, 3.63) is 70.8 Å². The van der Waals surface area contributed by atoms with E-state index in [1.54, 1.807) is 0 Å². The topological polar surface area (TPSA) is 49.4 Å². The van der Waals surface area contributed by atoms with Crippen LogP contribution in [0.15, 0.2) is 48.5 Å². The Kier molecular flexibility index (Phi) is 8.44. The summed E-state index contributed by atoms with van der Waals surface area (Å²) in [7, 11) is 0. The lowest BCUT2D eigenvalue weighted by Gasteiger charge is -2.43. The average Bonchev–Trinajstić information content (AvgIpc) is 2.90. The Hall–Kier alpha value is -2.88. The zero-order chi connectivity index (χ0) is 28.4. The summed E-state index contributed by atoms with van der Waals surface area (Å²) in [5, 5.41) is 3.03. The normalized spacial score (nSPS) is 23.9. The van der Waals surface area contributed by atoms with Crippen molar-refractivity contribution < 1.29 is 35.9 Å². The number of carbonyl (C=O) groups is 2. The summed E-state index contributed by atoms with van der Waals surface area (Å²) in [6, 6.07) is 10.6. The van der Waals surface area contributed by atoms with E-state index in [9.17, 15) is 35.9 Å². The van der Waals surface area contributed by atoms with Crippen molar-refractivity contribution in [2.45, 2.75) is 69.3 Å². The van der Waals surface area contributed by atoms with Crippen LogP contribution >= 0.6 is 0 Å². The Morgan fingerprint density at radius 3 is 2.00 bits per heavy atom. The molecule has 4 rings (SSSR count). The van der Waals surface area contributed by atoms with Gasteiger partial charge in [-0.15, -0.1) is 0 Å². The Bertz CT molecular complexity index is 1130. The van der Waals surface area contributed by atoms with E-state index in [4.69, 9.17) is 0 Å². The first-order valence-electron chi connectivity index (χ1n) is 13.2. The van der Waals surface area contributed by atoms with E-state index in [0.29, 0.717) is 43.7 Å². The third kappa shape index (κ3) is 7.01. The van der Waals surface area contributed by atoms with Crippen LogP contribution in [0.4, 0.5) is 26.3 Å². The van der Waals surface area contributed by atoms with Crippen LogP contribution in [0.25, 0.3) is 0 Å². The second kappa shape index (κ2) is 11.3. The molecule has 1 saturated heterocycles. The number of likely N-dealkylation sites (tertiary alicyclic amines) is 1. The summed E-state index contributed by atoms with van der Waals surface area (Å²) < 4.78 is 80.3. The molecule has 2 aromatic carbocycles. The third-order valence-electron chi connectivity index (χ3n) is 8.08. The molecule has 0 aromatic heterocycles. The number of carbonyl (C=O) groups excluding carboxylic acids is 2. The summed E-state index contributed by atoms with van der Waals surface area (Å²) in [5.74, 6) is -1.22. The Balaban J connectivity index is 1.54. The van der Waals surface area contributed by atoms with Crippen molar-refractivity contribution in [3.8, 4) is 0 Å². The number of amides is 1. The van der Waals surface area contributed by atoms with Gasteiger partial charge in [-0.25, -0.2) is 0 Å². The monoisotopic (exact) mass is 554 g/mol. The molecule has 1 heterocycles. The molecule has 39 heavy (non-hydrogen) atoms. The zero-order valence-corrected chi connectivity index (χ0v) is 21.7. The molecule has 1 atom stereocenters. The van der Waals surface area contributed by atoms with Crippen molar-refractivity contribution in [3.63, 3.8) is 0 Å². The summed E-state index contributed by atoms with van der Waals surface area (Å²) in [6.45, 7) is 3.66. The molecule has 1 saturated carbocycles. The van der Waals surface area contributed by atoms with Gasteiger partial charge in [0.2, 0.25) is 5.91 Å². The van der Waals surface area contributed by atoms with Crippen LogP contribution in [-0.4, -0.2) is 36.2 Å². The van der Waals surface area contributed by atoms with Gasteiger partial charge in [-0.05, 0) is 67.9 Å². The summed E-state index contributed by atoms with van der Waals surface area (Å²) in [4.78, 5) is 27.3. The van der Waals surface area contributed by atoms with Crippen LogP contribution in [0.3, 0.4) is 0 Å². The van der Waals surface area contributed by atoms with Crippen molar-refractivity contribution in [1.29, 1.82) is 0 Å². The average molecular weight is 555 g/mol. The summed E-state index contributed by atoms with van der Waals surface area (Å²) in [5.41, 5.74) is -3.15. The van der Waals surface area contributed by atoms with Crippen LogP contribution < -0.4 is 5.32 Å². The van der Waals surface area contributed by atoms with Gasteiger partial charge in [0.05, 0.1) is 22.6 Å². The number of nitrogens with one attached hydrogen (secondary N) is 1. The molecule has 1 aliphatic carbocycles. The number of benzene rings is 2. The van der Waals surface area contributed by atoms with Crippen LogP contribution in [0.2, 0.25) is 0 Å². The van der Waals surface area contributed by atoms with Gasteiger partial charge in [-0.2, -0.15) is 26.3 Å². The smallest absolute Gasteiger partial charge is 0.346 e. The van der Waals surface area contributed by atoms with Crippen molar-refractivity contribution in [2.24, 2.45) is 5.92 Å². The molecule has 2 aromatic rings. The first-order chi connectivity index (χ1) is 18.3. The number of Topliss-reactive ketones (excluding diaryl/α,β-unsaturated/α-hetero) is 1. The molecule has 4 nitrogen and oxygen atoms in total. The van der Waals surface area contributed by atoms with Crippen LogP contribution in [-0.2, 0) is 27.5 Å². The molecule has 1 amide bonds. The van der Waals surface area contributed by atoms with Gasteiger partial charge < -0.3 is 10.2 Å². The van der Waals surface area contributed by atoms with Crippen molar-refractivity contribution >= 4 is 11.7 Å². The van der Waals surface area contributed by atoms with Gasteiger partial charge >= 0.3 is 12.4 Å². The maximum atomic E-state index is 13.4. The molecular weight excluding hydrogens is 522 g/mol. The third-order valence-corrected chi connectivity index (χ3v) is 8.08. The maximum Gasteiger partial charge on any atom is 0.416 e. The largest absolute Gasteiger partial charge is 0.416 e. The van der Waals surface area contributed by atoms with Gasteiger partial charge in [-0.1, -0.05) is 30.3 Å². The van der Waals surface area contributed by atoms with Gasteiger partial charge in [0.1, 0.15) is 5.78 Å². The van der Waals surface area contributed by atoms with E-state index >= 15 is 0 Å². The lowest BCUT2D eigenvalue weighted by Crippen LogP contribution is -2.50. The highest BCUT2D eigenvalue weighted by Gasteiger charge is 2.41. The standard InChI is InChI=1S/C29H32F6N2O2/c1-19(21-15-23(28(30,31)32)17-24(16-21)29(33,34)35)26(39)36-27(22-5-3-2-4-6-22)11-7-20(8-12-27)18-37-13-9-25(38)10-14-37/h2-6,15-17,19-20H,7-14,18H2,1H3,(H,36,39)/t19-,20?,27?/m0/s1. The summed E-state index contributed by atoms with van der Waals surface area (Å²) in [6.07, 6.45) is -6.12. The first-order valence-corrected chi connectivity index (χ1v) is 13.2. The van der Waals surface area contributed by atoms with Crippen LogP contribution in [0.1, 0.15) is 73.6 Å². The molecule has 0 spiro atoms. The second-order valence-corrected chi connectivity index (χ2v) is 10.8. The lowest BCUT2D eigenvalue weighted by molar-refractivity contribution is -0.143. The Labute approximate surface area is 223 Å². The highest BCUT2D eigenvalue weighted by atomic mass is 19.4. The van der Waals surface area contributed by atoms with E-state index < -0.39 is 40.8 Å².